The van der Waals surface area contributed by atoms with Gasteiger partial charge in [0.25, 0.3) is 5.91 Å². The van der Waals surface area contributed by atoms with E-state index < -0.39 is 37.0 Å². The summed E-state index contributed by atoms with van der Waals surface area (Å²) < 4.78 is 66.0. The number of nitrogens with two attached hydrogens (primary N) is 3. The van der Waals surface area contributed by atoms with Crippen molar-refractivity contribution in [3.8, 4) is 23.0 Å². The van der Waals surface area contributed by atoms with Gasteiger partial charge in [-0.05, 0) is 91.5 Å². The van der Waals surface area contributed by atoms with Gasteiger partial charge >= 0.3 is 31.9 Å². The second-order valence-electron chi connectivity index (χ2n) is 19.2. The van der Waals surface area contributed by atoms with Crippen LogP contribution in [0.1, 0.15) is 35.1 Å². The van der Waals surface area contributed by atoms with Gasteiger partial charge in [-0.2, -0.15) is 0 Å². The van der Waals surface area contributed by atoms with E-state index in [0.717, 1.165) is 18.5 Å². The highest BCUT2D eigenvalue weighted by molar-refractivity contribution is 6.64. The molecule has 1 radical (unpaired) electrons. The molecular formula is C58H83B2N8O23. The summed E-state index contributed by atoms with van der Waals surface area (Å²) >= 11 is 0. The summed E-state index contributed by atoms with van der Waals surface area (Å²) in [4.78, 5) is 78.5. The molecule has 0 saturated heterocycles. The molecule has 31 nitrogen and oxygen atoms in total. The molecule has 13 N–H and O–H groups in total. The zero-order chi connectivity index (χ0) is 66.6. The summed E-state index contributed by atoms with van der Waals surface area (Å²) in [5.41, 5.74) is 22.9. The Bertz CT molecular complexity index is 3210. The first-order valence-electron chi connectivity index (χ1n) is 28.7. The van der Waals surface area contributed by atoms with Gasteiger partial charge in [0.05, 0.1) is 142 Å². The molecule has 0 bridgehead atoms. The Kier molecular flexibility index (Phi) is 38.9. The minimum absolute atomic E-state index is 0.0707. The van der Waals surface area contributed by atoms with Gasteiger partial charge in [-0.1, -0.05) is 24.3 Å². The number of oxazole rings is 2. The van der Waals surface area contributed by atoms with Crippen LogP contribution in [0.2, 0.25) is 6.82 Å². The van der Waals surface area contributed by atoms with Crippen LogP contribution in [0.25, 0.3) is 22.2 Å². The number of ether oxygens (including phenoxy) is 10. The molecule has 0 aliphatic carbocycles. The summed E-state index contributed by atoms with van der Waals surface area (Å²) in [7, 11) is 0.416. The van der Waals surface area contributed by atoms with Crippen molar-refractivity contribution in [1.29, 1.82) is 0 Å². The molecule has 0 fully saturated rings. The number of aromatic hydroxyl groups is 2. The number of carbonyl (C=O) groups excluding carboxylic acids is 4. The van der Waals surface area contributed by atoms with Crippen molar-refractivity contribution in [1.82, 2.24) is 25.2 Å². The predicted octanol–water partition coefficient (Wildman–Crippen LogP) is 0.101. The van der Waals surface area contributed by atoms with Crippen LogP contribution < -0.4 is 54.2 Å². The largest absolute Gasteiger partial charge is 0.504 e. The fourth-order valence-electron chi connectivity index (χ4n) is 7.34. The fourth-order valence-corrected chi connectivity index (χ4v) is 7.34. The van der Waals surface area contributed by atoms with E-state index in [2.05, 4.69) is 21.7 Å². The van der Waals surface area contributed by atoms with Crippen LogP contribution in [0.3, 0.4) is 0 Å². The number of phenolic OH excluding ortho intramolecular Hbond substituents is 2. The van der Waals surface area contributed by atoms with Gasteiger partial charge in [0, 0.05) is 19.5 Å². The molecule has 0 unspecified atom stereocenters. The molecule has 4 aromatic carbocycles. The Hall–Kier alpha value is -8.18. The number of phenols is 2. The fraction of sp³-hybridized carbons (Fsp3) is 0.466. The van der Waals surface area contributed by atoms with Crippen LogP contribution in [0.15, 0.2) is 91.2 Å². The Morgan fingerprint density at radius 1 is 0.593 bits per heavy atom. The van der Waals surface area contributed by atoms with Crippen LogP contribution in [-0.2, 0) is 75.0 Å². The van der Waals surface area contributed by atoms with E-state index in [9.17, 15) is 43.8 Å². The molecule has 2 heterocycles. The first-order chi connectivity index (χ1) is 43.8. The third kappa shape index (κ3) is 34.0. The van der Waals surface area contributed by atoms with Gasteiger partial charge in [0.15, 0.2) is 47.4 Å². The number of nitrogens with one attached hydrogen (secondary N) is 3. The summed E-state index contributed by atoms with van der Waals surface area (Å²) in [6.45, 7) is 12.4. The number of aromatic nitrogens is 2. The number of carboxylic acids is 1. The van der Waals surface area contributed by atoms with E-state index in [1.807, 2.05) is 38.1 Å². The zero-order valence-corrected chi connectivity index (χ0v) is 51.3. The van der Waals surface area contributed by atoms with Gasteiger partial charge in [-0.15, -0.1) is 0 Å². The Morgan fingerprint density at radius 3 is 1.41 bits per heavy atom. The van der Waals surface area contributed by atoms with Crippen LogP contribution >= 0.6 is 0 Å². The number of hydrogen-bond donors (Lipinski definition) is 10. The minimum Gasteiger partial charge on any atom is -0.504 e. The summed E-state index contributed by atoms with van der Waals surface area (Å²) in [6, 6.07) is 20.2. The lowest BCUT2D eigenvalue weighted by atomic mass is 9.92. The number of hydrogen-bond acceptors (Lipinski definition) is 25. The number of rotatable bonds is 42. The number of aryl methyl sites for hydroxylation is 2. The average Bonchev–Trinajstić information content (AvgIpc) is 1.85. The average molecular weight is 1280 g/mol. The van der Waals surface area contributed by atoms with E-state index in [0.29, 0.717) is 145 Å². The quantitative estimate of drug-likeness (QED) is 0.0105. The molecule has 0 aliphatic heterocycles. The molecule has 0 atom stereocenters. The van der Waals surface area contributed by atoms with Crippen LogP contribution in [0, 0.1) is 13.8 Å². The lowest BCUT2D eigenvalue weighted by Gasteiger charge is -2.11. The molecule has 0 spiro atoms. The highest BCUT2D eigenvalue weighted by Gasteiger charge is 2.15. The number of aliphatic carboxylic acids is 1. The maximum absolute atomic E-state index is 12.3. The molecular weight excluding hydrogens is 1200 g/mol. The highest BCUT2D eigenvalue weighted by atomic mass is 16.6. The topological polar surface area (TPSA) is 443 Å². The number of hydrazine groups is 1. The molecule has 6 aromatic rings. The van der Waals surface area contributed by atoms with Crippen LogP contribution in [-0.4, -0.2) is 206 Å². The number of carbonyl (C=O) groups is 5. The van der Waals surface area contributed by atoms with Crippen molar-refractivity contribution in [2.75, 3.05) is 132 Å². The lowest BCUT2D eigenvalue weighted by molar-refractivity contribution is -0.139. The molecule has 499 valence electrons. The number of benzene rings is 4. The van der Waals surface area contributed by atoms with E-state index in [4.69, 9.17) is 77.8 Å². The molecule has 33 heteroatoms. The van der Waals surface area contributed by atoms with Crippen LogP contribution in [0.5, 0.6) is 23.0 Å². The number of fused-ring (bicyclic) bond motifs is 2. The number of amides is 3. The summed E-state index contributed by atoms with van der Waals surface area (Å²) in [5.74, 6) is -3.24. The van der Waals surface area contributed by atoms with Crippen molar-refractivity contribution in [3.05, 3.63) is 116 Å². The van der Waals surface area contributed by atoms with E-state index in [-0.39, 0.29) is 80.6 Å². The molecule has 0 aliphatic rings. The summed E-state index contributed by atoms with van der Waals surface area (Å²) in [6.07, 6.45) is 0.925. The molecule has 6 rings (SSSR count). The van der Waals surface area contributed by atoms with Crippen molar-refractivity contribution in [2.45, 2.75) is 46.6 Å². The van der Waals surface area contributed by atoms with Crippen molar-refractivity contribution in [2.24, 2.45) is 17.1 Å². The Labute approximate surface area is 525 Å². The van der Waals surface area contributed by atoms with E-state index in [1.54, 1.807) is 30.3 Å². The maximum Gasteiger partial charge on any atom is 0.420 e. The van der Waals surface area contributed by atoms with E-state index >= 15 is 0 Å². The molecule has 2 aromatic heterocycles. The number of primary amides is 1. The third-order valence-corrected chi connectivity index (χ3v) is 11.5. The lowest BCUT2D eigenvalue weighted by Crippen LogP contribution is -2.40. The third-order valence-electron chi connectivity index (χ3n) is 11.5. The highest BCUT2D eigenvalue weighted by Crippen LogP contribution is 2.29. The van der Waals surface area contributed by atoms with Gasteiger partial charge in [0.2, 0.25) is 11.8 Å². The van der Waals surface area contributed by atoms with E-state index in [1.165, 1.54) is 34.2 Å². The standard InChI is InChI=1S/C28H37N3O10.C17H15NO6.C12H25BN3O6.CH6BNO/c1-20-2-4-24-22(16-20)31(28(35)41-24)18-21-3-5-25(23(32)17-21)40-19-27(34)30-7-9-37-11-13-39-15-14-38-12-10-36-8-6-26(29)33;1-10-2-4-14-12(6-10)18(17(22)24-14)8-11-3-5-15(13(19)7-11)23-9-16(20)21;14-2-4-20-6-8-22-10-9-21-7-5-19-3-1-12(18)15-16-13-11-17;1-2(3)4/h2-5,16-17,32H,6-15,18-19H2,1H3,(H2,29,33)(H,30,34);2-7,19H,8-9H2,1H3,(H,20,21);11,16H,1-10,14H2,(H,15,18);4H,3H2,1H3. The second kappa shape index (κ2) is 46.0. The molecule has 3 amide bonds. The number of nitrogens with zero attached hydrogens (tertiary/aromatic N) is 2. The smallest absolute Gasteiger partial charge is 0.420 e. The molecule has 91 heavy (non-hydrogen) atoms. The monoisotopic (exact) mass is 1280 g/mol. The number of carboxylic acid groups (broad SMARTS) is 1. The second-order valence-corrected chi connectivity index (χ2v) is 19.2. The first kappa shape index (κ1) is 77.1. The Balaban J connectivity index is 0.000000369. The Morgan fingerprint density at radius 2 is 1.00 bits per heavy atom. The van der Waals surface area contributed by atoms with Crippen LogP contribution in [0.4, 0.5) is 0 Å². The SMILES string of the molecule is CB(N)O.Cc1ccc2oc(=O)n(Cc3ccc(OCC(=O)NCCOCCOCCOCCOCCC(N)=O)c(O)c3)c2c1.Cc1ccc2oc(=O)n(Cc3ccc(OCC(=O)O)c(O)c3)c2c1.NCCOCCOCCOCCOCCC(=O)NN[B]C=O. The molecule has 0 saturated carbocycles. The first-order valence-corrected chi connectivity index (χ1v) is 28.7. The van der Waals surface area contributed by atoms with Gasteiger partial charge in [0.1, 0.15) is 0 Å². The van der Waals surface area contributed by atoms with Gasteiger partial charge in [-0.25, -0.2) is 14.4 Å². The zero-order valence-electron chi connectivity index (χ0n) is 51.3. The van der Waals surface area contributed by atoms with Crippen molar-refractivity contribution in [3.63, 3.8) is 0 Å². The minimum atomic E-state index is -1.13. The van der Waals surface area contributed by atoms with Crippen molar-refractivity contribution >= 4 is 66.5 Å². The van der Waals surface area contributed by atoms with Gasteiger partial charge in [-0.3, -0.25) is 28.9 Å². The van der Waals surface area contributed by atoms with Gasteiger partial charge < -0.3 is 109 Å². The summed E-state index contributed by atoms with van der Waals surface area (Å²) in [5, 5.41) is 41.7. The maximum atomic E-state index is 12.3. The normalized spacial score (nSPS) is 10.7. The van der Waals surface area contributed by atoms with Crippen molar-refractivity contribution < 1.29 is 101 Å². The predicted molar refractivity (Wildman–Crippen MR) is 332 cm³/mol.